The van der Waals surface area contributed by atoms with E-state index in [0.717, 1.165) is 38.2 Å². The molecule has 0 unspecified atom stereocenters. The molecule has 1 saturated carbocycles. The van der Waals surface area contributed by atoms with Gasteiger partial charge in [-0.25, -0.2) is 0 Å². The van der Waals surface area contributed by atoms with Gasteiger partial charge in [0.2, 0.25) is 0 Å². The summed E-state index contributed by atoms with van der Waals surface area (Å²) in [6.45, 7) is 3.53. The van der Waals surface area contributed by atoms with Gasteiger partial charge in [0.25, 0.3) is 0 Å². The SMILES string of the molecule is O[C@H]1C[C@@H]2CN(Cc3ccc(OCc4ccccc4)cc3)C[C@@H]2C[C@@H]1O. The first-order valence-corrected chi connectivity index (χ1v) is 9.51. The highest BCUT2D eigenvalue weighted by atomic mass is 16.5. The number of nitrogens with zero attached hydrogens (tertiary/aromatic N) is 1. The molecule has 138 valence electrons. The second-order valence-corrected chi connectivity index (χ2v) is 7.74. The lowest BCUT2D eigenvalue weighted by Crippen LogP contribution is -2.38. The van der Waals surface area contributed by atoms with Gasteiger partial charge in [-0.05, 0) is 47.9 Å². The Hall–Kier alpha value is -1.88. The number of hydrogen-bond donors (Lipinski definition) is 2. The van der Waals surface area contributed by atoms with Crippen molar-refractivity contribution in [1.29, 1.82) is 0 Å². The van der Waals surface area contributed by atoms with E-state index in [9.17, 15) is 10.2 Å². The van der Waals surface area contributed by atoms with E-state index in [1.165, 1.54) is 11.1 Å². The molecule has 4 heteroatoms. The monoisotopic (exact) mass is 353 g/mol. The molecule has 0 aromatic heterocycles. The molecule has 26 heavy (non-hydrogen) atoms. The normalized spacial score (nSPS) is 28.7. The van der Waals surface area contributed by atoms with Gasteiger partial charge in [-0.3, -0.25) is 4.90 Å². The average Bonchev–Trinajstić information content (AvgIpc) is 3.03. The number of fused-ring (bicyclic) bond motifs is 1. The Labute approximate surface area is 155 Å². The zero-order valence-electron chi connectivity index (χ0n) is 15.0. The lowest BCUT2D eigenvalue weighted by Gasteiger charge is -2.32. The molecule has 2 aromatic rings. The zero-order valence-corrected chi connectivity index (χ0v) is 15.0. The summed E-state index contributed by atoms with van der Waals surface area (Å²) in [5, 5.41) is 19.8. The lowest BCUT2D eigenvalue weighted by molar-refractivity contribution is -0.0372. The van der Waals surface area contributed by atoms with Crippen LogP contribution < -0.4 is 4.74 Å². The maximum Gasteiger partial charge on any atom is 0.119 e. The van der Waals surface area contributed by atoms with Gasteiger partial charge in [0, 0.05) is 19.6 Å². The summed E-state index contributed by atoms with van der Waals surface area (Å²) in [5.74, 6) is 1.92. The van der Waals surface area contributed by atoms with Crippen LogP contribution in [0.15, 0.2) is 54.6 Å². The third-order valence-corrected chi connectivity index (χ3v) is 5.76. The standard InChI is InChI=1S/C22H27NO3/c24-21-10-18-13-23(14-19(18)11-22(21)25)12-16-6-8-20(9-7-16)26-15-17-4-2-1-3-5-17/h1-9,18-19,21-22,24-25H,10-15H2/t18-,19+,21-,22-/m0/s1. The predicted octanol–water partition coefficient (Wildman–Crippen LogP) is 2.83. The van der Waals surface area contributed by atoms with Gasteiger partial charge in [0.05, 0.1) is 12.2 Å². The number of hydrogen-bond acceptors (Lipinski definition) is 4. The maximum atomic E-state index is 9.88. The summed E-state index contributed by atoms with van der Waals surface area (Å²) in [6.07, 6.45) is 0.373. The molecular formula is C22H27NO3. The average molecular weight is 353 g/mol. The summed E-state index contributed by atoms with van der Waals surface area (Å²) in [4.78, 5) is 2.44. The number of aliphatic hydroxyl groups excluding tert-OH is 2. The van der Waals surface area contributed by atoms with Crippen molar-refractivity contribution >= 4 is 0 Å². The number of benzene rings is 2. The van der Waals surface area contributed by atoms with Crippen LogP contribution in [-0.2, 0) is 13.2 Å². The third kappa shape index (κ3) is 4.09. The summed E-state index contributed by atoms with van der Waals surface area (Å²) in [5.41, 5.74) is 2.44. The highest BCUT2D eigenvalue weighted by Crippen LogP contribution is 2.37. The molecule has 1 saturated heterocycles. The number of rotatable bonds is 5. The molecule has 4 rings (SSSR count). The first-order valence-electron chi connectivity index (χ1n) is 9.51. The number of aliphatic hydroxyl groups is 2. The van der Waals surface area contributed by atoms with Crippen LogP contribution in [0.4, 0.5) is 0 Å². The first-order chi connectivity index (χ1) is 12.7. The number of ether oxygens (including phenoxy) is 1. The summed E-state index contributed by atoms with van der Waals surface area (Å²) in [6, 6.07) is 18.5. The fourth-order valence-electron chi connectivity index (χ4n) is 4.32. The Balaban J connectivity index is 1.29. The molecule has 0 spiro atoms. The zero-order chi connectivity index (χ0) is 17.9. The maximum absolute atomic E-state index is 9.88. The Morgan fingerprint density at radius 2 is 1.42 bits per heavy atom. The van der Waals surface area contributed by atoms with Crippen LogP contribution in [0.25, 0.3) is 0 Å². The molecule has 2 aliphatic rings. The van der Waals surface area contributed by atoms with Crippen molar-refractivity contribution in [2.45, 2.75) is 38.2 Å². The summed E-state index contributed by atoms with van der Waals surface area (Å²) >= 11 is 0. The minimum Gasteiger partial charge on any atom is -0.489 e. The molecular weight excluding hydrogens is 326 g/mol. The van der Waals surface area contributed by atoms with E-state index in [1.807, 2.05) is 30.3 Å². The van der Waals surface area contributed by atoms with Crippen LogP contribution in [0.5, 0.6) is 5.75 Å². The van der Waals surface area contributed by atoms with Crippen molar-refractivity contribution < 1.29 is 14.9 Å². The van der Waals surface area contributed by atoms with Crippen molar-refractivity contribution in [3.8, 4) is 5.75 Å². The van der Waals surface area contributed by atoms with Gasteiger partial charge < -0.3 is 14.9 Å². The van der Waals surface area contributed by atoms with Crippen LogP contribution in [-0.4, -0.2) is 40.4 Å². The van der Waals surface area contributed by atoms with Gasteiger partial charge in [0.15, 0.2) is 0 Å². The molecule has 2 aromatic carbocycles. The molecule has 0 bridgehead atoms. The van der Waals surface area contributed by atoms with Gasteiger partial charge in [0.1, 0.15) is 12.4 Å². The van der Waals surface area contributed by atoms with Gasteiger partial charge >= 0.3 is 0 Å². The lowest BCUT2D eigenvalue weighted by atomic mass is 9.79. The topological polar surface area (TPSA) is 52.9 Å². The fraction of sp³-hybridized carbons (Fsp3) is 0.455. The van der Waals surface area contributed by atoms with Crippen molar-refractivity contribution in [3.63, 3.8) is 0 Å². The highest BCUT2D eigenvalue weighted by Gasteiger charge is 2.40. The molecule has 0 amide bonds. The van der Waals surface area contributed by atoms with Gasteiger partial charge in [-0.15, -0.1) is 0 Å². The summed E-state index contributed by atoms with van der Waals surface area (Å²) < 4.78 is 5.85. The fourth-order valence-corrected chi connectivity index (χ4v) is 4.32. The van der Waals surface area contributed by atoms with Crippen LogP contribution in [0, 0.1) is 11.8 Å². The van der Waals surface area contributed by atoms with E-state index in [0.29, 0.717) is 18.4 Å². The Kier molecular flexibility index (Phi) is 5.25. The predicted molar refractivity (Wildman–Crippen MR) is 101 cm³/mol. The van der Waals surface area contributed by atoms with Crippen LogP contribution in [0.1, 0.15) is 24.0 Å². The molecule has 1 aliphatic heterocycles. The second-order valence-electron chi connectivity index (χ2n) is 7.74. The molecule has 0 radical (unpaired) electrons. The third-order valence-electron chi connectivity index (χ3n) is 5.76. The molecule has 1 heterocycles. The van der Waals surface area contributed by atoms with Crippen LogP contribution in [0.2, 0.25) is 0 Å². The molecule has 1 aliphatic carbocycles. The van der Waals surface area contributed by atoms with E-state index in [2.05, 4.69) is 29.2 Å². The van der Waals surface area contributed by atoms with Crippen LogP contribution in [0.3, 0.4) is 0 Å². The number of likely N-dealkylation sites (tertiary alicyclic amines) is 1. The van der Waals surface area contributed by atoms with E-state index in [1.54, 1.807) is 0 Å². The van der Waals surface area contributed by atoms with Crippen molar-refractivity contribution in [3.05, 3.63) is 65.7 Å². The molecule has 2 fully saturated rings. The van der Waals surface area contributed by atoms with Gasteiger partial charge in [-0.2, -0.15) is 0 Å². The van der Waals surface area contributed by atoms with Crippen LogP contribution >= 0.6 is 0 Å². The van der Waals surface area contributed by atoms with E-state index in [-0.39, 0.29) is 0 Å². The molecule has 4 nitrogen and oxygen atoms in total. The first kappa shape index (κ1) is 17.5. The summed E-state index contributed by atoms with van der Waals surface area (Å²) in [7, 11) is 0. The minimum atomic E-state index is -0.544. The Bertz CT molecular complexity index is 685. The van der Waals surface area contributed by atoms with Gasteiger partial charge in [-0.1, -0.05) is 42.5 Å². The second kappa shape index (κ2) is 7.78. The van der Waals surface area contributed by atoms with Crippen molar-refractivity contribution in [2.24, 2.45) is 11.8 Å². The quantitative estimate of drug-likeness (QED) is 0.868. The largest absolute Gasteiger partial charge is 0.489 e. The minimum absolute atomic E-state index is 0.516. The van der Waals surface area contributed by atoms with E-state index >= 15 is 0 Å². The van der Waals surface area contributed by atoms with E-state index < -0.39 is 12.2 Å². The smallest absolute Gasteiger partial charge is 0.119 e. The van der Waals surface area contributed by atoms with Crippen molar-refractivity contribution in [2.75, 3.05) is 13.1 Å². The van der Waals surface area contributed by atoms with E-state index in [4.69, 9.17) is 4.74 Å². The molecule has 2 N–H and O–H groups in total. The Morgan fingerprint density at radius 3 is 2.04 bits per heavy atom. The van der Waals surface area contributed by atoms with Crippen molar-refractivity contribution in [1.82, 2.24) is 4.90 Å². The Morgan fingerprint density at radius 1 is 0.808 bits per heavy atom. The highest BCUT2D eigenvalue weighted by molar-refractivity contribution is 5.28. The molecule has 4 atom stereocenters.